The third kappa shape index (κ3) is 3.59. The highest BCUT2D eigenvalue weighted by Crippen LogP contribution is 2.26. The summed E-state index contributed by atoms with van der Waals surface area (Å²) in [4.78, 5) is 42.0. The molecule has 1 aliphatic rings. The summed E-state index contributed by atoms with van der Waals surface area (Å²) in [7, 11) is 0. The molecule has 25 heavy (non-hydrogen) atoms. The molecule has 0 spiro atoms. The van der Waals surface area contributed by atoms with Crippen molar-refractivity contribution in [3.05, 3.63) is 71.3 Å². The molecule has 1 heterocycles. The molecule has 0 aromatic heterocycles. The molecule has 2 aromatic carbocycles. The molecule has 0 bridgehead atoms. The molecule has 0 unspecified atom stereocenters. The molecule has 0 fully saturated rings. The van der Waals surface area contributed by atoms with E-state index in [1.54, 1.807) is 24.3 Å². The number of amides is 3. The van der Waals surface area contributed by atoms with Crippen LogP contribution in [0.25, 0.3) is 0 Å². The van der Waals surface area contributed by atoms with Crippen LogP contribution in [0.2, 0.25) is 0 Å². The number of fused-ring (bicyclic) bond motifs is 1. The van der Waals surface area contributed by atoms with E-state index in [-0.39, 0.29) is 18.4 Å². The van der Waals surface area contributed by atoms with Crippen LogP contribution in [0.1, 0.15) is 32.7 Å². The maximum Gasteiger partial charge on any atom is 0.261 e. The van der Waals surface area contributed by atoms with Gasteiger partial charge >= 0.3 is 0 Å². The topological polar surface area (TPSA) is 75.7 Å². The van der Waals surface area contributed by atoms with Crippen molar-refractivity contribution in [2.24, 2.45) is 0 Å². The molecule has 0 radical (unpaired) electrons. The lowest BCUT2D eigenvalue weighted by Crippen LogP contribution is -2.44. The SMILES string of the molecule is O=CNOC[C@H](CCc1ccccc1)N1C(=O)c2ccccc2C1=O. The molecule has 1 atom stereocenters. The highest BCUT2D eigenvalue weighted by Gasteiger charge is 2.39. The number of hydrogen-bond donors (Lipinski definition) is 1. The summed E-state index contributed by atoms with van der Waals surface area (Å²) in [6, 6.07) is 16.1. The van der Waals surface area contributed by atoms with Crippen LogP contribution in [0, 0.1) is 0 Å². The van der Waals surface area contributed by atoms with Gasteiger partial charge in [-0.05, 0) is 30.5 Å². The first-order valence-electron chi connectivity index (χ1n) is 8.04. The van der Waals surface area contributed by atoms with Gasteiger partial charge in [0.25, 0.3) is 11.8 Å². The Morgan fingerprint density at radius 2 is 1.56 bits per heavy atom. The van der Waals surface area contributed by atoms with Gasteiger partial charge < -0.3 is 0 Å². The summed E-state index contributed by atoms with van der Waals surface area (Å²) < 4.78 is 0. The molecular weight excluding hydrogens is 320 g/mol. The number of nitrogens with zero attached hydrogens (tertiary/aromatic N) is 1. The van der Waals surface area contributed by atoms with Gasteiger partial charge in [-0.25, -0.2) is 5.48 Å². The van der Waals surface area contributed by atoms with Crippen LogP contribution in [-0.2, 0) is 16.1 Å². The number of nitrogens with one attached hydrogen (secondary N) is 1. The van der Waals surface area contributed by atoms with Crippen LogP contribution in [0.4, 0.5) is 0 Å². The Hall–Kier alpha value is -2.99. The van der Waals surface area contributed by atoms with Gasteiger partial charge in [0.2, 0.25) is 6.41 Å². The van der Waals surface area contributed by atoms with Gasteiger partial charge in [-0.1, -0.05) is 42.5 Å². The second-order valence-electron chi connectivity index (χ2n) is 5.75. The van der Waals surface area contributed by atoms with E-state index in [4.69, 9.17) is 4.84 Å². The fourth-order valence-corrected chi connectivity index (χ4v) is 2.98. The molecule has 0 aliphatic carbocycles. The number of imide groups is 1. The van der Waals surface area contributed by atoms with Crippen molar-refractivity contribution in [2.45, 2.75) is 18.9 Å². The summed E-state index contributed by atoms with van der Waals surface area (Å²) in [6.07, 6.45) is 1.63. The second kappa shape index (κ2) is 7.72. The zero-order chi connectivity index (χ0) is 17.6. The Morgan fingerprint density at radius 1 is 0.960 bits per heavy atom. The molecule has 1 N–H and O–H groups in total. The van der Waals surface area contributed by atoms with E-state index in [9.17, 15) is 14.4 Å². The summed E-state index contributed by atoms with van der Waals surface area (Å²) in [5, 5.41) is 0. The number of hydrogen-bond acceptors (Lipinski definition) is 4. The third-order valence-corrected chi connectivity index (χ3v) is 4.21. The van der Waals surface area contributed by atoms with E-state index in [2.05, 4.69) is 5.48 Å². The van der Waals surface area contributed by atoms with Crippen molar-refractivity contribution in [3.63, 3.8) is 0 Å². The molecule has 1 aliphatic heterocycles. The van der Waals surface area contributed by atoms with Crippen LogP contribution < -0.4 is 5.48 Å². The maximum atomic E-state index is 12.7. The average Bonchev–Trinajstić information content (AvgIpc) is 2.90. The maximum absolute atomic E-state index is 12.7. The minimum Gasteiger partial charge on any atom is -0.277 e. The van der Waals surface area contributed by atoms with Gasteiger partial charge in [0.05, 0.1) is 23.8 Å². The first kappa shape index (κ1) is 16.9. The Morgan fingerprint density at radius 3 is 2.16 bits per heavy atom. The molecule has 3 rings (SSSR count). The summed E-state index contributed by atoms with van der Waals surface area (Å²) in [5.74, 6) is -0.651. The predicted octanol–water partition coefficient (Wildman–Crippen LogP) is 1.96. The van der Waals surface area contributed by atoms with Gasteiger partial charge in [0.1, 0.15) is 0 Å². The first-order valence-corrected chi connectivity index (χ1v) is 8.04. The fraction of sp³-hybridized carbons (Fsp3) is 0.211. The molecule has 3 amide bonds. The van der Waals surface area contributed by atoms with Crippen molar-refractivity contribution in [1.29, 1.82) is 0 Å². The number of carbonyl (C=O) groups excluding carboxylic acids is 3. The standard InChI is InChI=1S/C19H18N2O4/c22-13-20-25-12-15(11-10-14-6-2-1-3-7-14)21-18(23)16-8-4-5-9-17(16)19(21)24/h1-9,13,15H,10-12H2,(H,20,22)/t15-/m0/s1. The Labute approximate surface area is 145 Å². The normalized spacial score (nSPS) is 14.3. The second-order valence-corrected chi connectivity index (χ2v) is 5.75. The number of benzene rings is 2. The number of rotatable bonds is 8. The van der Waals surface area contributed by atoms with E-state index in [0.717, 1.165) is 5.56 Å². The Balaban J connectivity index is 1.78. The highest BCUT2D eigenvalue weighted by atomic mass is 16.6. The van der Waals surface area contributed by atoms with Crippen molar-refractivity contribution in [2.75, 3.05) is 6.61 Å². The lowest BCUT2D eigenvalue weighted by atomic mass is 10.0. The van der Waals surface area contributed by atoms with Crippen LogP contribution in [0.5, 0.6) is 0 Å². The van der Waals surface area contributed by atoms with E-state index in [1.807, 2.05) is 30.3 Å². The van der Waals surface area contributed by atoms with Gasteiger partial charge in [-0.3, -0.25) is 24.1 Å². The first-order chi connectivity index (χ1) is 12.2. The summed E-state index contributed by atoms with van der Waals surface area (Å²) >= 11 is 0. The molecule has 128 valence electrons. The number of aryl methyl sites for hydroxylation is 1. The summed E-state index contributed by atoms with van der Waals surface area (Å²) in [6.45, 7) is 0.0387. The Bertz CT molecular complexity index is 741. The highest BCUT2D eigenvalue weighted by molar-refractivity contribution is 6.21. The largest absolute Gasteiger partial charge is 0.277 e. The van der Waals surface area contributed by atoms with E-state index >= 15 is 0 Å². The van der Waals surface area contributed by atoms with Crippen molar-refractivity contribution >= 4 is 18.2 Å². The van der Waals surface area contributed by atoms with Gasteiger partial charge in [0.15, 0.2) is 0 Å². The minimum absolute atomic E-state index is 0.0387. The minimum atomic E-state index is -0.472. The number of carbonyl (C=O) groups is 3. The quantitative estimate of drug-likeness (QED) is 0.345. The van der Waals surface area contributed by atoms with Crippen molar-refractivity contribution < 1.29 is 19.2 Å². The molecule has 2 aromatic rings. The molecule has 6 heteroatoms. The van der Waals surface area contributed by atoms with Crippen LogP contribution in [0.15, 0.2) is 54.6 Å². The van der Waals surface area contributed by atoms with Gasteiger partial charge in [-0.15, -0.1) is 0 Å². The van der Waals surface area contributed by atoms with Crippen molar-refractivity contribution in [3.8, 4) is 0 Å². The lowest BCUT2D eigenvalue weighted by Gasteiger charge is -2.25. The molecule has 0 saturated carbocycles. The molecular formula is C19H18N2O4. The van der Waals surface area contributed by atoms with Gasteiger partial charge in [-0.2, -0.15) is 0 Å². The zero-order valence-electron chi connectivity index (χ0n) is 13.6. The van der Waals surface area contributed by atoms with Crippen molar-refractivity contribution in [1.82, 2.24) is 10.4 Å². The summed E-state index contributed by atoms with van der Waals surface area (Å²) in [5.41, 5.74) is 4.03. The zero-order valence-corrected chi connectivity index (χ0v) is 13.6. The van der Waals surface area contributed by atoms with Crippen LogP contribution in [0.3, 0.4) is 0 Å². The fourth-order valence-electron chi connectivity index (χ4n) is 2.98. The number of hydroxylamine groups is 1. The van der Waals surface area contributed by atoms with Gasteiger partial charge in [0, 0.05) is 0 Å². The average molecular weight is 338 g/mol. The lowest BCUT2D eigenvalue weighted by molar-refractivity contribution is -0.121. The predicted molar refractivity (Wildman–Crippen MR) is 90.6 cm³/mol. The Kier molecular flexibility index (Phi) is 5.20. The molecule has 6 nitrogen and oxygen atoms in total. The molecule has 0 saturated heterocycles. The van der Waals surface area contributed by atoms with E-state index in [0.29, 0.717) is 30.4 Å². The van der Waals surface area contributed by atoms with E-state index in [1.165, 1.54) is 4.90 Å². The van der Waals surface area contributed by atoms with Crippen LogP contribution in [-0.4, -0.2) is 35.8 Å². The van der Waals surface area contributed by atoms with Crippen LogP contribution >= 0.6 is 0 Å². The van der Waals surface area contributed by atoms with E-state index < -0.39 is 6.04 Å². The third-order valence-electron chi connectivity index (χ3n) is 4.21. The smallest absolute Gasteiger partial charge is 0.261 e. The monoisotopic (exact) mass is 338 g/mol.